The van der Waals surface area contributed by atoms with Crippen LogP contribution < -0.4 is 10.1 Å². The van der Waals surface area contributed by atoms with Crippen molar-refractivity contribution in [2.75, 3.05) is 26.2 Å². The van der Waals surface area contributed by atoms with Gasteiger partial charge in [-0.25, -0.2) is 4.79 Å². The van der Waals surface area contributed by atoms with Crippen LogP contribution in [0.2, 0.25) is 0 Å². The lowest BCUT2D eigenvalue weighted by molar-refractivity contribution is -0.143. The van der Waals surface area contributed by atoms with E-state index < -0.39 is 11.9 Å². The average Bonchev–Trinajstić information content (AvgIpc) is 2.58. The molecule has 2 amide bonds. The molecule has 1 atom stereocenters. The molecule has 0 aliphatic carbocycles. The number of piperidine rings is 1. The van der Waals surface area contributed by atoms with Crippen LogP contribution in [0.5, 0.6) is 5.75 Å². The maximum absolute atomic E-state index is 12.1. The van der Waals surface area contributed by atoms with Crippen molar-refractivity contribution in [2.24, 2.45) is 5.92 Å². The van der Waals surface area contributed by atoms with Crippen molar-refractivity contribution >= 4 is 12.0 Å². The molecular formula is C18H26N2O4. The minimum atomic E-state index is -0.832. The monoisotopic (exact) mass is 334 g/mol. The summed E-state index contributed by atoms with van der Waals surface area (Å²) < 4.78 is 5.77. The van der Waals surface area contributed by atoms with E-state index in [0.717, 1.165) is 17.7 Å². The van der Waals surface area contributed by atoms with E-state index in [1.54, 1.807) is 4.90 Å². The van der Waals surface area contributed by atoms with Gasteiger partial charge in [0, 0.05) is 13.1 Å². The molecule has 1 heterocycles. The molecule has 0 spiro atoms. The normalized spacial score (nSPS) is 17.6. The maximum Gasteiger partial charge on any atom is 0.317 e. The summed E-state index contributed by atoms with van der Waals surface area (Å²) in [5, 5.41) is 11.9. The Balaban J connectivity index is 1.76. The number of hydrogen-bond acceptors (Lipinski definition) is 3. The molecule has 1 aliphatic rings. The highest BCUT2D eigenvalue weighted by Gasteiger charge is 2.27. The zero-order valence-corrected chi connectivity index (χ0v) is 14.3. The molecule has 1 unspecified atom stereocenters. The number of urea groups is 1. The van der Waals surface area contributed by atoms with Gasteiger partial charge in [0.2, 0.25) is 0 Å². The van der Waals surface area contributed by atoms with Crippen molar-refractivity contribution in [1.29, 1.82) is 0 Å². The number of rotatable bonds is 6. The maximum atomic E-state index is 12.1. The summed E-state index contributed by atoms with van der Waals surface area (Å²) in [5.41, 5.74) is 1.14. The SMILES string of the molecule is CC(C)c1ccccc1OCCNC(=O)N1CCCC(C(=O)O)C1. The number of carboxylic acids is 1. The number of carboxylic acid groups (broad SMARTS) is 1. The Morgan fingerprint density at radius 2 is 2.12 bits per heavy atom. The number of nitrogens with one attached hydrogen (secondary N) is 1. The highest BCUT2D eigenvalue weighted by molar-refractivity contribution is 5.76. The van der Waals surface area contributed by atoms with Gasteiger partial charge in [-0.2, -0.15) is 0 Å². The zero-order chi connectivity index (χ0) is 17.5. The second kappa shape index (κ2) is 8.57. The summed E-state index contributed by atoms with van der Waals surface area (Å²) >= 11 is 0. The van der Waals surface area contributed by atoms with Gasteiger partial charge >= 0.3 is 12.0 Å². The van der Waals surface area contributed by atoms with Gasteiger partial charge < -0.3 is 20.1 Å². The number of amides is 2. The molecule has 2 rings (SSSR count). The Bertz CT molecular complexity index is 574. The second-order valence-electron chi connectivity index (χ2n) is 6.40. The van der Waals surface area contributed by atoms with Crippen LogP contribution in [0.4, 0.5) is 4.79 Å². The van der Waals surface area contributed by atoms with Crippen LogP contribution in [-0.2, 0) is 4.79 Å². The Labute approximate surface area is 142 Å². The van der Waals surface area contributed by atoms with Crippen LogP contribution in [0.3, 0.4) is 0 Å². The molecule has 1 aromatic carbocycles. The van der Waals surface area contributed by atoms with Gasteiger partial charge in [0.05, 0.1) is 12.5 Å². The van der Waals surface area contributed by atoms with Gasteiger partial charge in [0.25, 0.3) is 0 Å². The van der Waals surface area contributed by atoms with E-state index in [-0.39, 0.29) is 12.6 Å². The van der Waals surface area contributed by atoms with Crippen molar-refractivity contribution in [3.05, 3.63) is 29.8 Å². The van der Waals surface area contributed by atoms with Crippen molar-refractivity contribution < 1.29 is 19.4 Å². The van der Waals surface area contributed by atoms with E-state index >= 15 is 0 Å². The van der Waals surface area contributed by atoms with Crippen LogP contribution in [0, 0.1) is 5.92 Å². The standard InChI is InChI=1S/C18H26N2O4/c1-13(2)15-7-3-4-8-16(15)24-11-9-19-18(23)20-10-5-6-14(12-20)17(21)22/h3-4,7-8,13-14H,5-6,9-12H2,1-2H3,(H,19,23)(H,21,22). The Kier molecular flexibility index (Phi) is 6.46. The van der Waals surface area contributed by atoms with Gasteiger partial charge in [-0.15, -0.1) is 0 Å². The first-order valence-electron chi connectivity index (χ1n) is 8.46. The van der Waals surface area contributed by atoms with Gasteiger partial charge in [-0.3, -0.25) is 4.79 Å². The third-order valence-corrected chi connectivity index (χ3v) is 4.23. The number of hydrogen-bond donors (Lipinski definition) is 2. The molecule has 0 bridgehead atoms. The van der Waals surface area contributed by atoms with Crippen LogP contribution in [0.1, 0.15) is 38.2 Å². The largest absolute Gasteiger partial charge is 0.491 e. The number of ether oxygens (including phenoxy) is 1. The molecular weight excluding hydrogens is 308 g/mol. The quantitative estimate of drug-likeness (QED) is 0.784. The predicted octanol–water partition coefficient (Wildman–Crippen LogP) is 2.70. The van der Waals surface area contributed by atoms with Gasteiger partial charge in [-0.05, 0) is 30.4 Å². The van der Waals surface area contributed by atoms with Gasteiger partial charge in [0.15, 0.2) is 0 Å². The van der Waals surface area contributed by atoms with E-state index in [2.05, 4.69) is 19.2 Å². The first-order valence-corrected chi connectivity index (χ1v) is 8.46. The number of nitrogens with zero attached hydrogens (tertiary/aromatic N) is 1. The van der Waals surface area contributed by atoms with E-state index in [1.807, 2.05) is 24.3 Å². The Morgan fingerprint density at radius 1 is 1.38 bits per heavy atom. The Morgan fingerprint density at radius 3 is 2.83 bits per heavy atom. The molecule has 1 aromatic rings. The third-order valence-electron chi connectivity index (χ3n) is 4.23. The topological polar surface area (TPSA) is 78.9 Å². The molecule has 0 aromatic heterocycles. The van der Waals surface area contributed by atoms with Gasteiger partial charge in [-0.1, -0.05) is 32.0 Å². The first-order chi connectivity index (χ1) is 11.5. The van der Waals surface area contributed by atoms with E-state index in [1.165, 1.54) is 0 Å². The third kappa shape index (κ3) is 4.88. The summed E-state index contributed by atoms with van der Waals surface area (Å²) in [6.45, 7) is 5.87. The lowest BCUT2D eigenvalue weighted by Crippen LogP contribution is -2.47. The molecule has 0 radical (unpaired) electrons. The predicted molar refractivity (Wildman–Crippen MR) is 91.4 cm³/mol. The zero-order valence-electron chi connectivity index (χ0n) is 14.3. The minimum absolute atomic E-state index is 0.221. The summed E-state index contributed by atoms with van der Waals surface area (Å²) in [5.74, 6) is -0.0810. The fourth-order valence-corrected chi connectivity index (χ4v) is 2.88. The number of carbonyl (C=O) groups excluding carboxylic acids is 1. The highest BCUT2D eigenvalue weighted by atomic mass is 16.5. The Hall–Kier alpha value is -2.24. The fraction of sp³-hybridized carbons (Fsp3) is 0.556. The molecule has 1 aliphatic heterocycles. The molecule has 2 N–H and O–H groups in total. The lowest BCUT2D eigenvalue weighted by Gasteiger charge is -2.30. The summed E-state index contributed by atoms with van der Waals surface area (Å²) in [4.78, 5) is 24.7. The molecule has 0 saturated carbocycles. The van der Waals surface area contributed by atoms with Crippen molar-refractivity contribution in [3.8, 4) is 5.75 Å². The molecule has 6 nitrogen and oxygen atoms in total. The van der Waals surface area contributed by atoms with Crippen LogP contribution in [0.15, 0.2) is 24.3 Å². The highest BCUT2D eigenvalue weighted by Crippen LogP contribution is 2.25. The molecule has 6 heteroatoms. The number of aliphatic carboxylic acids is 1. The van der Waals surface area contributed by atoms with E-state index in [9.17, 15) is 9.59 Å². The summed E-state index contributed by atoms with van der Waals surface area (Å²) in [6, 6.07) is 7.66. The minimum Gasteiger partial charge on any atom is -0.491 e. The summed E-state index contributed by atoms with van der Waals surface area (Å²) in [6.07, 6.45) is 1.36. The number of benzene rings is 1. The molecule has 24 heavy (non-hydrogen) atoms. The van der Waals surface area contributed by atoms with Crippen molar-refractivity contribution in [3.63, 3.8) is 0 Å². The smallest absolute Gasteiger partial charge is 0.317 e. The van der Waals surface area contributed by atoms with Crippen LogP contribution in [0.25, 0.3) is 0 Å². The van der Waals surface area contributed by atoms with Crippen LogP contribution in [-0.4, -0.2) is 48.2 Å². The summed E-state index contributed by atoms with van der Waals surface area (Å²) in [7, 11) is 0. The molecule has 132 valence electrons. The van der Waals surface area contributed by atoms with Gasteiger partial charge in [0.1, 0.15) is 12.4 Å². The fourth-order valence-electron chi connectivity index (χ4n) is 2.88. The first kappa shape index (κ1) is 18.1. The number of para-hydroxylation sites is 1. The number of carbonyl (C=O) groups is 2. The van der Waals surface area contributed by atoms with Crippen molar-refractivity contribution in [1.82, 2.24) is 10.2 Å². The average molecular weight is 334 g/mol. The molecule has 1 saturated heterocycles. The van der Waals surface area contributed by atoms with E-state index in [0.29, 0.717) is 32.0 Å². The number of likely N-dealkylation sites (tertiary alicyclic amines) is 1. The van der Waals surface area contributed by atoms with Crippen LogP contribution >= 0.6 is 0 Å². The second-order valence-corrected chi connectivity index (χ2v) is 6.40. The lowest BCUT2D eigenvalue weighted by atomic mass is 9.99. The van der Waals surface area contributed by atoms with Crippen molar-refractivity contribution in [2.45, 2.75) is 32.6 Å². The molecule has 1 fully saturated rings. The van der Waals surface area contributed by atoms with E-state index in [4.69, 9.17) is 9.84 Å².